The second kappa shape index (κ2) is 5.50. The van der Waals surface area contributed by atoms with Crippen LogP contribution in [0.3, 0.4) is 0 Å². The second-order valence-electron chi connectivity index (χ2n) is 5.63. The Balaban J connectivity index is 2.23. The van der Waals surface area contributed by atoms with Gasteiger partial charge in [0.05, 0.1) is 0 Å². The van der Waals surface area contributed by atoms with Gasteiger partial charge in [-0.2, -0.15) is 4.31 Å². The Kier molecular flexibility index (Phi) is 3.77. The van der Waals surface area contributed by atoms with Crippen LogP contribution in [0.25, 0.3) is 10.9 Å². The molecule has 1 unspecified atom stereocenters. The predicted octanol–water partition coefficient (Wildman–Crippen LogP) is 1.89. The Labute approximate surface area is 134 Å². The lowest BCUT2D eigenvalue weighted by Crippen LogP contribution is -2.46. The number of carboxylic acids is 1. The van der Waals surface area contributed by atoms with Crippen LogP contribution in [0.4, 0.5) is 0 Å². The van der Waals surface area contributed by atoms with Crippen molar-refractivity contribution in [2.24, 2.45) is 7.05 Å². The molecule has 0 bridgehead atoms. The van der Waals surface area contributed by atoms with Crippen LogP contribution in [0.2, 0.25) is 0 Å². The van der Waals surface area contributed by atoms with Crippen molar-refractivity contribution < 1.29 is 18.3 Å². The molecular formula is C16H18N2O4S. The minimum atomic E-state index is -3.91. The van der Waals surface area contributed by atoms with E-state index in [0.29, 0.717) is 11.1 Å². The van der Waals surface area contributed by atoms with Crippen molar-refractivity contribution >= 4 is 26.9 Å². The molecule has 0 fully saturated rings. The first-order valence-corrected chi connectivity index (χ1v) is 8.73. The number of hydrogen-bond donors (Lipinski definition) is 1. The Hall–Kier alpha value is -2.12. The number of aryl methyl sites for hydroxylation is 1. The molecule has 3 rings (SSSR count). The molecular weight excluding hydrogens is 316 g/mol. The number of para-hydroxylation sites is 1. The summed E-state index contributed by atoms with van der Waals surface area (Å²) in [4.78, 5) is 11.6. The summed E-state index contributed by atoms with van der Waals surface area (Å²) in [6.07, 6.45) is 3.58. The van der Waals surface area contributed by atoms with E-state index in [1.54, 1.807) is 31.2 Å². The molecule has 1 atom stereocenters. The zero-order chi connectivity index (χ0) is 16.8. The molecule has 7 heteroatoms. The quantitative estimate of drug-likeness (QED) is 0.869. The maximum Gasteiger partial charge on any atom is 0.322 e. The first-order chi connectivity index (χ1) is 10.9. The average molecular weight is 334 g/mol. The number of carbonyl (C=O) groups is 1. The van der Waals surface area contributed by atoms with Gasteiger partial charge in [-0.25, -0.2) is 8.42 Å². The van der Waals surface area contributed by atoms with E-state index in [9.17, 15) is 18.3 Å². The van der Waals surface area contributed by atoms with Gasteiger partial charge in [-0.05, 0) is 19.4 Å². The second-order valence-corrected chi connectivity index (χ2v) is 7.45. The molecule has 1 N–H and O–H groups in total. The lowest BCUT2D eigenvalue weighted by molar-refractivity contribution is -0.141. The molecule has 2 heterocycles. The van der Waals surface area contributed by atoms with Crippen LogP contribution >= 0.6 is 0 Å². The number of nitrogens with zero attached hydrogens (tertiary/aromatic N) is 2. The zero-order valence-corrected chi connectivity index (χ0v) is 13.7. The number of aliphatic carboxylic acids is 1. The molecule has 0 amide bonds. The lowest BCUT2D eigenvalue weighted by Gasteiger charge is -2.29. The third-order valence-electron chi connectivity index (χ3n) is 4.35. The Morgan fingerprint density at radius 2 is 1.96 bits per heavy atom. The highest BCUT2D eigenvalue weighted by atomic mass is 32.2. The van der Waals surface area contributed by atoms with E-state index in [1.165, 1.54) is 0 Å². The third-order valence-corrected chi connectivity index (χ3v) is 6.40. The van der Waals surface area contributed by atoms with Gasteiger partial charge >= 0.3 is 5.97 Å². The molecule has 1 aliphatic rings. The predicted molar refractivity (Wildman–Crippen MR) is 86.7 cm³/mol. The topological polar surface area (TPSA) is 79.6 Å². The summed E-state index contributed by atoms with van der Waals surface area (Å²) in [5.74, 6) is -1.13. The van der Waals surface area contributed by atoms with Gasteiger partial charge in [0.25, 0.3) is 0 Å². The minimum absolute atomic E-state index is 0.0714. The normalized spacial score (nSPS) is 19.3. The Morgan fingerprint density at radius 1 is 1.26 bits per heavy atom. The Bertz CT molecular complexity index is 912. The number of hydrogen-bond acceptors (Lipinski definition) is 3. The molecule has 122 valence electrons. The van der Waals surface area contributed by atoms with Gasteiger partial charge in [-0.1, -0.05) is 30.4 Å². The van der Waals surface area contributed by atoms with Crippen LogP contribution in [0.5, 0.6) is 0 Å². The number of rotatable bonds is 3. The molecule has 0 spiro atoms. The molecule has 6 nitrogen and oxygen atoms in total. The molecule has 1 aromatic carbocycles. The maximum absolute atomic E-state index is 13.2. The van der Waals surface area contributed by atoms with Gasteiger partial charge in [0.15, 0.2) is 0 Å². The SMILES string of the molecule is Cc1c(S(=O)(=O)N2CC=CCC2C(=O)O)c2ccccc2n1C. The summed E-state index contributed by atoms with van der Waals surface area (Å²) >= 11 is 0. The number of carboxylic acid groups (broad SMARTS) is 1. The van der Waals surface area contributed by atoms with Crippen LogP contribution in [0.15, 0.2) is 41.3 Å². The third kappa shape index (κ3) is 2.36. The average Bonchev–Trinajstić information content (AvgIpc) is 2.79. The van der Waals surface area contributed by atoms with E-state index in [2.05, 4.69) is 0 Å². The Morgan fingerprint density at radius 3 is 2.65 bits per heavy atom. The highest BCUT2D eigenvalue weighted by Gasteiger charge is 2.38. The summed E-state index contributed by atoms with van der Waals surface area (Å²) in [7, 11) is -2.11. The molecule has 2 aromatic rings. The fourth-order valence-corrected chi connectivity index (χ4v) is 5.06. The monoisotopic (exact) mass is 334 g/mol. The van der Waals surface area contributed by atoms with Crippen molar-refractivity contribution in [3.63, 3.8) is 0 Å². The summed E-state index contributed by atoms with van der Waals surface area (Å²) in [6, 6.07) is 6.17. The molecule has 0 saturated heterocycles. The maximum atomic E-state index is 13.2. The number of sulfonamides is 1. The number of aromatic nitrogens is 1. The smallest absolute Gasteiger partial charge is 0.322 e. The molecule has 1 aromatic heterocycles. The van der Waals surface area contributed by atoms with E-state index < -0.39 is 22.0 Å². The zero-order valence-electron chi connectivity index (χ0n) is 12.9. The van der Waals surface area contributed by atoms with Gasteiger partial charge in [-0.15, -0.1) is 0 Å². The standard InChI is InChI=1S/C16H18N2O4S/c1-11-15(12-7-3-4-8-13(12)17(11)2)23(21,22)18-10-6-5-9-14(18)16(19)20/h3-8,14H,9-10H2,1-2H3,(H,19,20). The van der Waals surface area contributed by atoms with E-state index in [1.807, 2.05) is 23.7 Å². The first-order valence-electron chi connectivity index (χ1n) is 7.29. The molecule has 0 saturated carbocycles. The molecule has 23 heavy (non-hydrogen) atoms. The van der Waals surface area contributed by atoms with Gasteiger partial charge in [-0.3, -0.25) is 4.79 Å². The fourth-order valence-electron chi connectivity index (χ4n) is 3.07. The molecule has 1 aliphatic heterocycles. The van der Waals surface area contributed by atoms with Gasteiger partial charge in [0.2, 0.25) is 10.0 Å². The van der Waals surface area contributed by atoms with Crippen LogP contribution in [-0.2, 0) is 21.9 Å². The summed E-state index contributed by atoms with van der Waals surface area (Å²) in [5, 5.41) is 9.98. The number of fused-ring (bicyclic) bond motifs is 1. The number of benzene rings is 1. The van der Waals surface area contributed by atoms with Crippen molar-refractivity contribution in [2.45, 2.75) is 24.3 Å². The van der Waals surface area contributed by atoms with Gasteiger partial charge in [0.1, 0.15) is 10.9 Å². The lowest BCUT2D eigenvalue weighted by atomic mass is 10.1. The summed E-state index contributed by atoms with van der Waals surface area (Å²) in [5.41, 5.74) is 1.41. The van der Waals surface area contributed by atoms with Gasteiger partial charge < -0.3 is 9.67 Å². The van der Waals surface area contributed by atoms with E-state index in [4.69, 9.17) is 0 Å². The van der Waals surface area contributed by atoms with Crippen molar-refractivity contribution in [1.82, 2.24) is 8.87 Å². The highest BCUT2D eigenvalue weighted by Crippen LogP contribution is 2.33. The fraction of sp³-hybridized carbons (Fsp3) is 0.312. The van der Waals surface area contributed by atoms with Crippen molar-refractivity contribution in [2.75, 3.05) is 6.54 Å². The van der Waals surface area contributed by atoms with Crippen LogP contribution in [0.1, 0.15) is 12.1 Å². The highest BCUT2D eigenvalue weighted by molar-refractivity contribution is 7.89. The minimum Gasteiger partial charge on any atom is -0.480 e. The molecule has 0 aliphatic carbocycles. The van der Waals surface area contributed by atoms with E-state index >= 15 is 0 Å². The van der Waals surface area contributed by atoms with Crippen molar-refractivity contribution in [1.29, 1.82) is 0 Å². The van der Waals surface area contributed by atoms with E-state index in [0.717, 1.165) is 9.82 Å². The summed E-state index contributed by atoms with van der Waals surface area (Å²) in [6.45, 7) is 1.81. The van der Waals surface area contributed by atoms with Crippen LogP contribution in [0, 0.1) is 6.92 Å². The van der Waals surface area contributed by atoms with Crippen LogP contribution < -0.4 is 0 Å². The van der Waals surface area contributed by atoms with Crippen LogP contribution in [-0.4, -0.2) is 41.0 Å². The van der Waals surface area contributed by atoms with Crippen molar-refractivity contribution in [3.05, 3.63) is 42.1 Å². The van der Waals surface area contributed by atoms with Crippen molar-refractivity contribution in [3.8, 4) is 0 Å². The largest absolute Gasteiger partial charge is 0.480 e. The molecule has 0 radical (unpaired) electrons. The van der Waals surface area contributed by atoms with Gasteiger partial charge in [0, 0.05) is 30.2 Å². The van der Waals surface area contributed by atoms with E-state index in [-0.39, 0.29) is 17.9 Å². The summed E-state index contributed by atoms with van der Waals surface area (Å²) < 4.78 is 29.2. The first kappa shape index (κ1) is 15.8.